The van der Waals surface area contributed by atoms with Gasteiger partial charge in [-0.2, -0.15) is 0 Å². The summed E-state index contributed by atoms with van der Waals surface area (Å²) in [6, 6.07) is 23.5. The number of rotatable bonds is 13. The van der Waals surface area contributed by atoms with E-state index < -0.39 is 42.1 Å². The van der Waals surface area contributed by atoms with Crippen molar-refractivity contribution in [3.63, 3.8) is 0 Å². The Kier molecular flexibility index (Phi) is 13.0. The number of carbonyl (C=O) groups is 4. The molecule has 1 aliphatic heterocycles. The Hall–Kier alpha value is -4.70. The third-order valence-electron chi connectivity index (χ3n) is 8.55. The van der Waals surface area contributed by atoms with Crippen LogP contribution in [0.3, 0.4) is 0 Å². The highest BCUT2D eigenvalue weighted by molar-refractivity contribution is 5.90. The van der Waals surface area contributed by atoms with Crippen LogP contribution in [0.4, 0.5) is 4.79 Å². The van der Waals surface area contributed by atoms with Gasteiger partial charge in [0.05, 0.1) is 18.6 Å². The number of nitrogens with zero attached hydrogens (tertiary/aromatic N) is 1. The van der Waals surface area contributed by atoms with E-state index in [1.54, 1.807) is 13.8 Å². The Labute approximate surface area is 289 Å². The molecule has 4 N–H and O–H groups in total. The first-order valence-electron chi connectivity index (χ1n) is 17.0. The molecule has 3 aromatic rings. The largest absolute Gasteiger partial charge is 0.445 e. The van der Waals surface area contributed by atoms with E-state index in [1.165, 1.54) is 4.90 Å². The van der Waals surface area contributed by atoms with E-state index in [1.807, 2.05) is 106 Å². The highest BCUT2D eigenvalue weighted by Crippen LogP contribution is 2.31. The Bertz CT molecular complexity index is 1560. The molecule has 1 aliphatic rings. The van der Waals surface area contributed by atoms with Gasteiger partial charge in [0.1, 0.15) is 18.7 Å². The lowest BCUT2D eigenvalue weighted by molar-refractivity contribution is -0.143. The molecule has 0 radical (unpaired) electrons. The number of amides is 4. The molecule has 0 fully saturated rings. The maximum Gasteiger partial charge on any atom is 0.408 e. The first kappa shape index (κ1) is 37.1. The Morgan fingerprint density at radius 3 is 2.12 bits per heavy atom. The Morgan fingerprint density at radius 1 is 0.878 bits per heavy atom. The predicted octanol–water partition coefficient (Wildman–Crippen LogP) is 4.70. The number of hydrogen-bond donors (Lipinski definition) is 4. The summed E-state index contributed by atoms with van der Waals surface area (Å²) in [4.78, 5) is 55.5. The molecular formula is C39H50N4O6. The Balaban J connectivity index is 1.50. The summed E-state index contributed by atoms with van der Waals surface area (Å²) in [5.74, 6) is -1.48. The normalized spacial score (nSPS) is 16.1. The van der Waals surface area contributed by atoms with Crippen molar-refractivity contribution in [2.75, 3.05) is 13.1 Å². The maximum absolute atomic E-state index is 14.0. The number of ether oxygens (including phenoxy) is 1. The van der Waals surface area contributed by atoms with Gasteiger partial charge in [-0.15, -0.1) is 0 Å². The molecule has 262 valence electrons. The van der Waals surface area contributed by atoms with Gasteiger partial charge in [-0.3, -0.25) is 14.4 Å². The third-order valence-corrected chi connectivity index (χ3v) is 8.55. The summed E-state index contributed by atoms with van der Waals surface area (Å²) in [6.45, 7) is 10.5. The summed E-state index contributed by atoms with van der Waals surface area (Å²) in [6.07, 6.45) is -1.53. The summed E-state index contributed by atoms with van der Waals surface area (Å²) in [7, 11) is 0. The monoisotopic (exact) mass is 670 g/mol. The number of benzene rings is 3. The number of nitrogens with one attached hydrogen (secondary N) is 3. The summed E-state index contributed by atoms with van der Waals surface area (Å²) >= 11 is 0. The predicted molar refractivity (Wildman–Crippen MR) is 188 cm³/mol. The minimum Gasteiger partial charge on any atom is -0.445 e. The topological polar surface area (TPSA) is 137 Å². The highest BCUT2D eigenvalue weighted by Gasteiger charge is 2.38. The molecule has 0 spiro atoms. The van der Waals surface area contributed by atoms with Crippen molar-refractivity contribution in [2.45, 2.75) is 84.7 Å². The third kappa shape index (κ3) is 10.9. The molecule has 10 nitrogen and oxygen atoms in total. The van der Waals surface area contributed by atoms with Crippen LogP contribution in [0.25, 0.3) is 0 Å². The lowest BCUT2D eigenvalue weighted by atomic mass is 9.90. The first-order chi connectivity index (χ1) is 23.3. The number of aliphatic hydroxyl groups is 1. The number of carbonyl (C=O) groups excluding carboxylic acids is 4. The number of fused-ring (bicyclic) bond motifs is 1. The highest BCUT2D eigenvalue weighted by atomic mass is 16.5. The Morgan fingerprint density at radius 2 is 1.49 bits per heavy atom. The van der Waals surface area contributed by atoms with Crippen LogP contribution in [-0.4, -0.2) is 65.1 Å². The SMILES string of the molecule is CC(C)[C@H](NC(=O)OCc1ccccc1)C(=O)N[C@@H](Cc1ccccc1)[C@@H](O)CC(=O)N1CCc2ccccc2[C@@H]1C(=O)NCC(C)(C)C. The van der Waals surface area contributed by atoms with Crippen LogP contribution in [0.2, 0.25) is 0 Å². The van der Waals surface area contributed by atoms with Crippen molar-refractivity contribution in [1.29, 1.82) is 0 Å². The fourth-order valence-corrected chi connectivity index (χ4v) is 5.86. The van der Waals surface area contributed by atoms with E-state index in [0.717, 1.165) is 22.3 Å². The van der Waals surface area contributed by atoms with Gasteiger partial charge in [-0.1, -0.05) is 120 Å². The molecule has 0 aliphatic carbocycles. The zero-order chi connectivity index (χ0) is 35.6. The van der Waals surface area contributed by atoms with Crippen LogP contribution in [0.5, 0.6) is 0 Å². The molecule has 0 saturated heterocycles. The van der Waals surface area contributed by atoms with Gasteiger partial charge in [0, 0.05) is 13.1 Å². The van der Waals surface area contributed by atoms with Crippen LogP contribution >= 0.6 is 0 Å². The molecule has 1 heterocycles. The van der Waals surface area contributed by atoms with E-state index in [-0.39, 0.29) is 36.7 Å². The zero-order valence-corrected chi connectivity index (χ0v) is 29.1. The zero-order valence-electron chi connectivity index (χ0n) is 29.1. The lowest BCUT2D eigenvalue weighted by Gasteiger charge is -2.38. The van der Waals surface area contributed by atoms with Crippen LogP contribution < -0.4 is 16.0 Å². The first-order valence-corrected chi connectivity index (χ1v) is 17.0. The number of alkyl carbamates (subject to hydrolysis) is 1. The van der Waals surface area contributed by atoms with E-state index in [4.69, 9.17) is 4.74 Å². The minimum atomic E-state index is -1.29. The van der Waals surface area contributed by atoms with Crippen LogP contribution in [0.1, 0.15) is 69.3 Å². The van der Waals surface area contributed by atoms with E-state index >= 15 is 0 Å². The molecule has 0 bridgehead atoms. The van der Waals surface area contributed by atoms with Gasteiger partial charge in [0.25, 0.3) is 0 Å². The van der Waals surface area contributed by atoms with Crippen molar-refractivity contribution in [1.82, 2.24) is 20.9 Å². The molecule has 0 unspecified atom stereocenters. The van der Waals surface area contributed by atoms with Crippen LogP contribution in [0.15, 0.2) is 84.9 Å². The second-order valence-corrected chi connectivity index (χ2v) is 14.2. The van der Waals surface area contributed by atoms with E-state index in [2.05, 4.69) is 16.0 Å². The van der Waals surface area contributed by atoms with E-state index in [0.29, 0.717) is 19.5 Å². The van der Waals surface area contributed by atoms with Crippen molar-refractivity contribution in [3.8, 4) is 0 Å². The van der Waals surface area contributed by atoms with Crippen molar-refractivity contribution < 1.29 is 29.0 Å². The molecule has 3 aromatic carbocycles. The molecule has 10 heteroatoms. The molecule has 0 saturated carbocycles. The fraction of sp³-hybridized carbons (Fsp3) is 0.436. The number of hydrogen-bond acceptors (Lipinski definition) is 6. The smallest absolute Gasteiger partial charge is 0.408 e. The summed E-state index contributed by atoms with van der Waals surface area (Å²) in [5.41, 5.74) is 3.28. The molecule has 4 amide bonds. The summed E-state index contributed by atoms with van der Waals surface area (Å²) < 4.78 is 5.35. The van der Waals surface area contributed by atoms with Gasteiger partial charge in [-0.25, -0.2) is 4.79 Å². The maximum atomic E-state index is 14.0. The minimum absolute atomic E-state index is 0.0484. The average Bonchev–Trinajstić information content (AvgIpc) is 3.08. The lowest BCUT2D eigenvalue weighted by Crippen LogP contribution is -2.56. The van der Waals surface area contributed by atoms with Gasteiger partial charge < -0.3 is 30.7 Å². The van der Waals surface area contributed by atoms with Crippen molar-refractivity contribution >= 4 is 23.8 Å². The number of aliphatic hydroxyl groups excluding tert-OH is 1. The molecule has 49 heavy (non-hydrogen) atoms. The fourth-order valence-electron chi connectivity index (χ4n) is 5.86. The van der Waals surface area contributed by atoms with Gasteiger partial charge in [0.2, 0.25) is 17.7 Å². The second-order valence-electron chi connectivity index (χ2n) is 14.2. The average molecular weight is 671 g/mol. The molecule has 4 rings (SSSR count). The van der Waals surface area contributed by atoms with Crippen molar-refractivity contribution in [3.05, 3.63) is 107 Å². The summed E-state index contributed by atoms with van der Waals surface area (Å²) in [5, 5.41) is 20.2. The van der Waals surface area contributed by atoms with Gasteiger partial charge in [-0.05, 0) is 46.4 Å². The van der Waals surface area contributed by atoms with Crippen LogP contribution in [0, 0.1) is 11.3 Å². The molecule has 0 aromatic heterocycles. The van der Waals surface area contributed by atoms with E-state index in [9.17, 15) is 24.3 Å². The molecular weight excluding hydrogens is 620 g/mol. The van der Waals surface area contributed by atoms with Crippen LogP contribution in [-0.2, 0) is 38.6 Å². The molecule has 4 atom stereocenters. The second kappa shape index (κ2) is 17.1. The van der Waals surface area contributed by atoms with Crippen molar-refractivity contribution in [2.24, 2.45) is 11.3 Å². The quantitative estimate of drug-likeness (QED) is 0.208. The van der Waals surface area contributed by atoms with Gasteiger partial charge >= 0.3 is 6.09 Å². The standard InChI is InChI=1S/C39H50N4O6/c1-26(2)34(42-38(48)49-24-28-16-10-7-11-17-28)36(46)41-31(22-27-14-8-6-9-15-27)32(44)23-33(45)43-21-20-29-18-12-13-19-30(29)35(43)37(47)40-25-39(3,4)5/h6-19,26,31-32,34-35,44H,20-25H2,1-5H3,(H,40,47)(H,41,46)(H,42,48)/t31-,32-,34-,35+/m0/s1. The van der Waals surface area contributed by atoms with Gasteiger partial charge in [0.15, 0.2) is 0 Å².